The molecule has 3 nitrogen and oxygen atoms in total. The summed E-state index contributed by atoms with van der Waals surface area (Å²) in [4.78, 5) is 11.5. The van der Waals surface area contributed by atoms with Crippen LogP contribution >= 0.6 is 34.7 Å². The third-order valence-electron chi connectivity index (χ3n) is 1.46. The first kappa shape index (κ1) is 11.8. The molecule has 0 saturated heterocycles. The van der Waals surface area contributed by atoms with Crippen molar-refractivity contribution in [3.8, 4) is 0 Å². The Morgan fingerprint density at radius 2 is 2.43 bits per heavy atom. The monoisotopic (exact) mass is 249 g/mol. The van der Waals surface area contributed by atoms with Crippen LogP contribution in [0.1, 0.15) is 4.88 Å². The van der Waals surface area contributed by atoms with E-state index in [0.717, 1.165) is 10.0 Å². The Kier molecular flexibility index (Phi) is 4.71. The summed E-state index contributed by atoms with van der Waals surface area (Å²) in [7, 11) is 3.96. The average Bonchev–Trinajstić information content (AvgIpc) is 2.52. The van der Waals surface area contributed by atoms with Crippen LogP contribution in [-0.2, 0) is 6.54 Å². The second-order valence-electron chi connectivity index (χ2n) is 2.78. The third-order valence-corrected chi connectivity index (χ3v) is 3.42. The number of rotatable bonds is 2. The van der Waals surface area contributed by atoms with Crippen LogP contribution in [0, 0.1) is 0 Å². The summed E-state index contributed by atoms with van der Waals surface area (Å²) in [6.07, 6.45) is 3.78. The molecule has 0 amide bonds. The van der Waals surface area contributed by atoms with Crippen molar-refractivity contribution in [3.63, 3.8) is 0 Å². The molecule has 0 fully saturated rings. The number of nitrogens with zero attached hydrogens (tertiary/aromatic N) is 3. The van der Waals surface area contributed by atoms with E-state index in [1.165, 1.54) is 11.3 Å². The molecular formula is C8H12ClN3S2. The van der Waals surface area contributed by atoms with Gasteiger partial charge in [0.05, 0.1) is 6.54 Å². The van der Waals surface area contributed by atoms with Crippen LogP contribution in [-0.4, -0.2) is 35.4 Å². The zero-order valence-electron chi connectivity index (χ0n) is 8.32. The topological polar surface area (TPSA) is 28.5 Å². The summed E-state index contributed by atoms with van der Waals surface area (Å²) in [6, 6.07) is 0. The number of halogens is 1. The van der Waals surface area contributed by atoms with Crippen LogP contribution in [0.3, 0.4) is 0 Å². The second-order valence-corrected chi connectivity index (χ2v) is 5.25. The zero-order valence-corrected chi connectivity index (χ0v) is 10.7. The van der Waals surface area contributed by atoms with Crippen LogP contribution in [0.4, 0.5) is 0 Å². The molecule has 1 rings (SSSR count). The van der Waals surface area contributed by atoms with E-state index < -0.39 is 0 Å². The maximum Gasteiger partial charge on any atom is 0.183 e. The van der Waals surface area contributed by atoms with E-state index in [0.29, 0.717) is 11.0 Å². The summed E-state index contributed by atoms with van der Waals surface area (Å²) >= 11 is 8.82. The zero-order chi connectivity index (χ0) is 10.6. The van der Waals surface area contributed by atoms with Gasteiger partial charge in [-0.1, -0.05) is 23.4 Å². The molecule has 0 saturated carbocycles. The van der Waals surface area contributed by atoms with Gasteiger partial charge in [0.15, 0.2) is 9.63 Å². The van der Waals surface area contributed by atoms with Crippen molar-refractivity contribution in [2.75, 3.05) is 20.4 Å². The minimum absolute atomic E-state index is 0.575. The number of thiazole rings is 1. The molecule has 0 radical (unpaired) electrons. The highest BCUT2D eigenvalue weighted by Crippen LogP contribution is 2.18. The molecule has 78 valence electrons. The molecule has 0 bridgehead atoms. The van der Waals surface area contributed by atoms with Crippen molar-refractivity contribution in [1.29, 1.82) is 0 Å². The molecule has 0 atom stereocenters. The van der Waals surface area contributed by atoms with Gasteiger partial charge in [0.1, 0.15) is 0 Å². The summed E-state index contributed by atoms with van der Waals surface area (Å²) in [5.41, 5.74) is 0. The van der Waals surface area contributed by atoms with E-state index in [1.54, 1.807) is 18.0 Å². The van der Waals surface area contributed by atoms with Crippen LogP contribution in [0.2, 0.25) is 4.47 Å². The largest absolute Gasteiger partial charge is 0.358 e. The fourth-order valence-corrected chi connectivity index (χ4v) is 2.35. The highest BCUT2D eigenvalue weighted by atomic mass is 35.5. The van der Waals surface area contributed by atoms with E-state index in [4.69, 9.17) is 11.6 Å². The molecule has 0 aliphatic heterocycles. The maximum absolute atomic E-state index is 5.72. The Hall–Kier alpha value is -0.260. The van der Waals surface area contributed by atoms with E-state index >= 15 is 0 Å². The Morgan fingerprint density at radius 1 is 1.71 bits per heavy atom. The van der Waals surface area contributed by atoms with Crippen molar-refractivity contribution in [2.45, 2.75) is 6.54 Å². The SMILES string of the molecule is CSC(=NCc1cnc(Cl)s1)N(C)C. The van der Waals surface area contributed by atoms with Gasteiger partial charge in [-0.2, -0.15) is 0 Å². The molecular weight excluding hydrogens is 238 g/mol. The standard InChI is InChI=1S/C8H12ClN3S2/c1-12(2)8(13-3)11-5-6-4-10-7(9)14-6/h4H,5H2,1-3H3. The minimum Gasteiger partial charge on any atom is -0.358 e. The highest BCUT2D eigenvalue weighted by Gasteiger charge is 2.01. The van der Waals surface area contributed by atoms with E-state index in [9.17, 15) is 0 Å². The molecule has 0 aliphatic carbocycles. The quantitative estimate of drug-likeness (QED) is 0.596. The smallest absolute Gasteiger partial charge is 0.183 e. The number of amidine groups is 1. The number of hydrogen-bond donors (Lipinski definition) is 0. The lowest BCUT2D eigenvalue weighted by Crippen LogP contribution is -2.18. The normalized spacial score (nSPS) is 11.9. The van der Waals surface area contributed by atoms with Gasteiger partial charge >= 0.3 is 0 Å². The fraction of sp³-hybridized carbons (Fsp3) is 0.500. The molecule has 0 aromatic carbocycles. The Labute approximate surface area is 97.2 Å². The summed E-state index contributed by atoms with van der Waals surface area (Å²) in [5, 5.41) is 1.01. The lowest BCUT2D eigenvalue weighted by molar-refractivity contribution is 0.632. The number of aromatic nitrogens is 1. The summed E-state index contributed by atoms with van der Waals surface area (Å²) < 4.78 is 0.575. The molecule has 1 aromatic heterocycles. The molecule has 6 heteroatoms. The highest BCUT2D eigenvalue weighted by molar-refractivity contribution is 8.13. The Morgan fingerprint density at radius 3 is 2.86 bits per heavy atom. The maximum atomic E-state index is 5.72. The average molecular weight is 250 g/mol. The molecule has 1 aromatic rings. The van der Waals surface area contributed by atoms with E-state index in [2.05, 4.69) is 9.98 Å². The van der Waals surface area contributed by atoms with Gasteiger partial charge in [-0.25, -0.2) is 4.98 Å². The second kappa shape index (κ2) is 5.58. The first-order chi connectivity index (χ1) is 6.63. The molecule has 14 heavy (non-hydrogen) atoms. The molecule has 0 unspecified atom stereocenters. The van der Waals surface area contributed by atoms with Gasteiger partial charge in [-0.15, -0.1) is 11.3 Å². The van der Waals surface area contributed by atoms with Crippen LogP contribution in [0.25, 0.3) is 0 Å². The van der Waals surface area contributed by atoms with Crippen molar-refractivity contribution in [1.82, 2.24) is 9.88 Å². The first-order valence-electron chi connectivity index (χ1n) is 3.99. The van der Waals surface area contributed by atoms with Crippen molar-refractivity contribution < 1.29 is 0 Å². The van der Waals surface area contributed by atoms with Gasteiger partial charge in [0.25, 0.3) is 0 Å². The molecule has 0 spiro atoms. The van der Waals surface area contributed by atoms with Gasteiger partial charge in [-0.3, -0.25) is 4.99 Å². The van der Waals surface area contributed by atoms with Crippen molar-refractivity contribution in [3.05, 3.63) is 15.5 Å². The van der Waals surface area contributed by atoms with Gasteiger partial charge in [-0.05, 0) is 6.26 Å². The van der Waals surface area contributed by atoms with Gasteiger partial charge < -0.3 is 4.90 Å². The van der Waals surface area contributed by atoms with Gasteiger partial charge in [0.2, 0.25) is 0 Å². The lowest BCUT2D eigenvalue weighted by Gasteiger charge is -2.12. The van der Waals surface area contributed by atoms with Crippen molar-refractivity contribution in [2.24, 2.45) is 4.99 Å². The van der Waals surface area contributed by atoms with Crippen LogP contribution < -0.4 is 0 Å². The third kappa shape index (κ3) is 3.48. The Balaban J connectivity index is 2.61. The van der Waals surface area contributed by atoms with Crippen LogP contribution in [0.5, 0.6) is 0 Å². The minimum atomic E-state index is 0.575. The molecule has 1 heterocycles. The number of aliphatic imine (C=N–C) groups is 1. The lowest BCUT2D eigenvalue weighted by atomic mass is 10.6. The number of thioether (sulfide) groups is 1. The number of hydrogen-bond acceptors (Lipinski definition) is 4. The predicted octanol–water partition coefficient (Wildman–Crippen LogP) is 2.58. The first-order valence-corrected chi connectivity index (χ1v) is 6.41. The predicted molar refractivity (Wildman–Crippen MR) is 65.5 cm³/mol. The summed E-state index contributed by atoms with van der Waals surface area (Å²) in [5.74, 6) is 0. The van der Waals surface area contributed by atoms with E-state index in [1.807, 2.05) is 25.3 Å². The fourth-order valence-electron chi connectivity index (χ4n) is 0.891. The summed E-state index contributed by atoms with van der Waals surface area (Å²) in [6.45, 7) is 0.652. The van der Waals surface area contributed by atoms with Crippen molar-refractivity contribution >= 4 is 39.9 Å². The van der Waals surface area contributed by atoms with Crippen LogP contribution in [0.15, 0.2) is 11.2 Å². The molecule has 0 aliphatic rings. The van der Waals surface area contributed by atoms with Gasteiger partial charge in [0, 0.05) is 25.2 Å². The molecule has 0 N–H and O–H groups in total. The Bertz CT molecular complexity index is 322. The van der Waals surface area contributed by atoms with E-state index in [-0.39, 0.29) is 0 Å².